The van der Waals surface area contributed by atoms with Crippen molar-refractivity contribution in [2.75, 3.05) is 0 Å². The summed E-state index contributed by atoms with van der Waals surface area (Å²) in [5.41, 5.74) is 7.19. The van der Waals surface area contributed by atoms with E-state index in [0.717, 1.165) is 11.4 Å². The van der Waals surface area contributed by atoms with Crippen molar-refractivity contribution in [1.82, 2.24) is 15.0 Å². The second kappa shape index (κ2) is 10.3. The maximum Gasteiger partial charge on any atom is 0.0375 e. The van der Waals surface area contributed by atoms with E-state index in [0.29, 0.717) is 0 Å². The fraction of sp³-hybridized carbons (Fsp3) is 0.286. The van der Waals surface area contributed by atoms with Gasteiger partial charge < -0.3 is 0 Å². The maximum absolute atomic E-state index is 4.17. The first-order chi connectivity index (χ1) is 11.4. The molecule has 0 N–H and O–H groups in total. The molecule has 24 heavy (non-hydrogen) atoms. The van der Waals surface area contributed by atoms with Crippen molar-refractivity contribution in [3.05, 3.63) is 88.8 Å². The summed E-state index contributed by atoms with van der Waals surface area (Å²) in [6, 6.07) is 10.1. The van der Waals surface area contributed by atoms with Gasteiger partial charge in [-0.05, 0) is 82.0 Å². The molecule has 0 radical (unpaired) electrons. The van der Waals surface area contributed by atoms with Gasteiger partial charge in [0.05, 0.1) is 0 Å². The van der Waals surface area contributed by atoms with E-state index >= 15 is 0 Å². The quantitative estimate of drug-likeness (QED) is 0.578. The highest BCUT2D eigenvalue weighted by atomic mass is 14.7. The van der Waals surface area contributed by atoms with E-state index in [4.69, 9.17) is 0 Å². The minimum Gasteiger partial charge on any atom is -0.264 e. The molecule has 0 bridgehead atoms. The third-order valence-electron chi connectivity index (χ3n) is 3.34. The number of nitrogens with zero attached hydrogens (tertiary/aromatic N) is 3. The van der Waals surface area contributed by atoms with E-state index in [2.05, 4.69) is 34.9 Å². The number of pyridine rings is 3. The van der Waals surface area contributed by atoms with Crippen LogP contribution in [0.1, 0.15) is 33.6 Å². The maximum atomic E-state index is 4.17. The molecule has 3 aromatic rings. The summed E-state index contributed by atoms with van der Waals surface area (Å²) in [4.78, 5) is 12.1. The SMILES string of the molecule is Cc1cccc(C)n1.Cc1ccncc1C.Cc1cncc(C)c1. The van der Waals surface area contributed by atoms with E-state index < -0.39 is 0 Å². The van der Waals surface area contributed by atoms with Gasteiger partial charge in [0.25, 0.3) is 0 Å². The summed E-state index contributed by atoms with van der Waals surface area (Å²) in [6.45, 7) is 12.2. The zero-order valence-corrected chi connectivity index (χ0v) is 15.5. The summed E-state index contributed by atoms with van der Waals surface area (Å²) in [7, 11) is 0. The van der Waals surface area contributed by atoms with Crippen LogP contribution in [0.25, 0.3) is 0 Å². The largest absolute Gasteiger partial charge is 0.264 e. The third-order valence-corrected chi connectivity index (χ3v) is 3.34. The molecule has 3 rings (SSSR count). The highest BCUT2D eigenvalue weighted by Crippen LogP contribution is 2.00. The lowest BCUT2D eigenvalue weighted by molar-refractivity contribution is 1.12. The Morgan fingerprint density at radius 3 is 1.50 bits per heavy atom. The lowest BCUT2D eigenvalue weighted by Gasteiger charge is -1.92. The summed E-state index contributed by atoms with van der Waals surface area (Å²) in [6.07, 6.45) is 7.39. The van der Waals surface area contributed by atoms with Crippen LogP contribution in [0.5, 0.6) is 0 Å². The Labute approximate surface area is 145 Å². The number of hydrogen-bond acceptors (Lipinski definition) is 3. The second-order valence-electron chi connectivity index (χ2n) is 5.92. The van der Waals surface area contributed by atoms with Crippen LogP contribution in [0.4, 0.5) is 0 Å². The second-order valence-corrected chi connectivity index (χ2v) is 5.92. The summed E-state index contributed by atoms with van der Waals surface area (Å²) in [5, 5.41) is 0. The van der Waals surface area contributed by atoms with Gasteiger partial charge >= 0.3 is 0 Å². The number of hydrogen-bond donors (Lipinski definition) is 0. The summed E-state index contributed by atoms with van der Waals surface area (Å²) >= 11 is 0. The van der Waals surface area contributed by atoms with Gasteiger partial charge in [-0.3, -0.25) is 15.0 Å². The normalized spacial score (nSPS) is 9.25. The van der Waals surface area contributed by atoms with Gasteiger partial charge in [-0.25, -0.2) is 0 Å². The molecule has 0 spiro atoms. The van der Waals surface area contributed by atoms with Crippen LogP contribution in [0.15, 0.2) is 55.1 Å². The van der Waals surface area contributed by atoms with E-state index in [1.54, 1.807) is 0 Å². The van der Waals surface area contributed by atoms with Crippen LogP contribution < -0.4 is 0 Å². The Kier molecular flexibility index (Phi) is 8.34. The van der Waals surface area contributed by atoms with Crippen molar-refractivity contribution < 1.29 is 0 Å². The average Bonchev–Trinajstić information content (AvgIpc) is 2.51. The van der Waals surface area contributed by atoms with Crippen LogP contribution in [-0.4, -0.2) is 15.0 Å². The molecule has 0 fully saturated rings. The Bertz CT molecular complexity index is 652. The van der Waals surface area contributed by atoms with Crippen LogP contribution in [0.3, 0.4) is 0 Å². The van der Waals surface area contributed by atoms with Gasteiger partial charge in [0.1, 0.15) is 0 Å². The minimum absolute atomic E-state index is 1.09. The molecule has 0 aromatic carbocycles. The van der Waals surface area contributed by atoms with Gasteiger partial charge in [-0.15, -0.1) is 0 Å². The van der Waals surface area contributed by atoms with Gasteiger partial charge in [0, 0.05) is 36.2 Å². The number of aryl methyl sites for hydroxylation is 6. The standard InChI is InChI=1S/3C7H9N/c1-6-3-7(2)5-8-4-6;1-6-3-4-8-5-7(6)2;1-6-4-3-5-7(2)8-6/h3*3-5H,1-2H3. The average molecular weight is 321 g/mol. The molecule has 0 saturated heterocycles. The summed E-state index contributed by atoms with van der Waals surface area (Å²) in [5.74, 6) is 0. The Morgan fingerprint density at radius 1 is 0.625 bits per heavy atom. The highest BCUT2D eigenvalue weighted by Gasteiger charge is 1.85. The molecular formula is C21H27N3. The zero-order valence-electron chi connectivity index (χ0n) is 15.5. The van der Waals surface area contributed by atoms with E-state index in [9.17, 15) is 0 Å². The molecule has 0 unspecified atom stereocenters. The van der Waals surface area contributed by atoms with Gasteiger partial charge in [0.15, 0.2) is 0 Å². The fourth-order valence-corrected chi connectivity index (χ4v) is 1.93. The van der Waals surface area contributed by atoms with E-state index in [-0.39, 0.29) is 0 Å². The van der Waals surface area contributed by atoms with Crippen LogP contribution in [-0.2, 0) is 0 Å². The van der Waals surface area contributed by atoms with Crippen LogP contribution in [0, 0.1) is 41.5 Å². The topological polar surface area (TPSA) is 38.7 Å². The lowest BCUT2D eigenvalue weighted by Crippen LogP contribution is -1.81. The molecule has 3 heteroatoms. The first-order valence-corrected chi connectivity index (χ1v) is 8.04. The van der Waals surface area contributed by atoms with Crippen molar-refractivity contribution in [3.63, 3.8) is 0 Å². The van der Waals surface area contributed by atoms with Gasteiger partial charge in [-0.2, -0.15) is 0 Å². The number of rotatable bonds is 0. The molecule has 0 atom stereocenters. The molecular weight excluding hydrogens is 294 g/mol. The molecule has 3 heterocycles. The molecule has 0 amide bonds. The van der Waals surface area contributed by atoms with E-state index in [1.807, 2.05) is 76.7 Å². The molecule has 3 aromatic heterocycles. The molecule has 0 aliphatic heterocycles. The van der Waals surface area contributed by atoms with Gasteiger partial charge in [0.2, 0.25) is 0 Å². The highest BCUT2D eigenvalue weighted by molar-refractivity contribution is 5.18. The van der Waals surface area contributed by atoms with Crippen LogP contribution >= 0.6 is 0 Å². The first kappa shape index (κ1) is 19.5. The molecule has 3 nitrogen and oxygen atoms in total. The van der Waals surface area contributed by atoms with Crippen molar-refractivity contribution in [2.24, 2.45) is 0 Å². The molecule has 0 aliphatic carbocycles. The van der Waals surface area contributed by atoms with Crippen molar-refractivity contribution in [2.45, 2.75) is 41.5 Å². The molecule has 0 saturated carbocycles. The first-order valence-electron chi connectivity index (χ1n) is 8.04. The van der Waals surface area contributed by atoms with Crippen LogP contribution in [0.2, 0.25) is 0 Å². The zero-order chi connectivity index (χ0) is 17.9. The van der Waals surface area contributed by atoms with Crippen molar-refractivity contribution >= 4 is 0 Å². The monoisotopic (exact) mass is 321 g/mol. The molecule has 126 valence electrons. The van der Waals surface area contributed by atoms with E-state index in [1.165, 1.54) is 22.3 Å². The predicted octanol–water partition coefficient (Wildman–Crippen LogP) is 5.10. The van der Waals surface area contributed by atoms with Crippen molar-refractivity contribution in [3.8, 4) is 0 Å². The Balaban J connectivity index is 0.000000180. The predicted molar refractivity (Wildman–Crippen MR) is 101 cm³/mol. The molecule has 0 aliphatic rings. The van der Waals surface area contributed by atoms with Crippen molar-refractivity contribution in [1.29, 1.82) is 0 Å². The lowest BCUT2D eigenvalue weighted by atomic mass is 10.2. The van der Waals surface area contributed by atoms with Gasteiger partial charge in [-0.1, -0.05) is 12.1 Å². The fourth-order valence-electron chi connectivity index (χ4n) is 1.93. The minimum atomic E-state index is 1.09. The number of aromatic nitrogens is 3. The Hall–Kier alpha value is -2.55. The third kappa shape index (κ3) is 8.18. The Morgan fingerprint density at radius 2 is 1.21 bits per heavy atom. The smallest absolute Gasteiger partial charge is 0.0375 e. The summed E-state index contributed by atoms with van der Waals surface area (Å²) < 4.78 is 0.